The fourth-order valence-electron chi connectivity index (χ4n) is 2.49. The molecule has 0 amide bonds. The van der Waals surface area contributed by atoms with Gasteiger partial charge in [-0.3, -0.25) is 4.79 Å². The lowest BCUT2D eigenvalue weighted by atomic mass is 9.91. The highest BCUT2D eigenvalue weighted by atomic mass is 16.3. The Morgan fingerprint density at radius 2 is 2.00 bits per heavy atom. The smallest absolute Gasteiger partial charge is 0.250 e. The number of hydrogen-bond acceptors (Lipinski definition) is 5. The van der Waals surface area contributed by atoms with E-state index >= 15 is 0 Å². The first-order chi connectivity index (χ1) is 10.6. The number of nitrogens with zero attached hydrogens (tertiary/aromatic N) is 4. The van der Waals surface area contributed by atoms with Crippen LogP contribution in [0.2, 0.25) is 0 Å². The quantitative estimate of drug-likeness (QED) is 0.795. The number of aliphatic hydroxyl groups excluding tert-OH is 1. The topological polar surface area (TPSA) is 80.9 Å². The third kappa shape index (κ3) is 3.39. The second kappa shape index (κ2) is 7.26. The molecule has 0 bridgehead atoms. The Morgan fingerprint density at radius 3 is 2.55 bits per heavy atom. The lowest BCUT2D eigenvalue weighted by Gasteiger charge is -2.12. The second-order valence-electron chi connectivity index (χ2n) is 5.36. The van der Waals surface area contributed by atoms with Gasteiger partial charge in [0.25, 0.3) is 0 Å². The van der Waals surface area contributed by atoms with E-state index in [4.69, 9.17) is 0 Å². The average molecular weight is 302 g/mol. The van der Waals surface area contributed by atoms with Crippen molar-refractivity contribution in [1.82, 2.24) is 19.7 Å². The summed E-state index contributed by atoms with van der Waals surface area (Å²) in [7, 11) is 0. The van der Waals surface area contributed by atoms with Gasteiger partial charge in [0.05, 0.1) is 11.7 Å². The highest BCUT2D eigenvalue weighted by molar-refractivity contribution is 5.98. The number of carbonyl (C=O) groups is 1. The Kier molecular flexibility index (Phi) is 5.38. The van der Waals surface area contributed by atoms with Gasteiger partial charge in [-0.25, -0.2) is 14.6 Å². The number of ketones is 1. The van der Waals surface area contributed by atoms with Crippen molar-refractivity contribution in [3.63, 3.8) is 0 Å². The predicted molar refractivity (Wildman–Crippen MR) is 82.8 cm³/mol. The highest BCUT2D eigenvalue weighted by Crippen LogP contribution is 2.24. The van der Waals surface area contributed by atoms with Crippen molar-refractivity contribution in [3.8, 4) is 5.95 Å². The van der Waals surface area contributed by atoms with E-state index in [9.17, 15) is 9.90 Å². The fourth-order valence-corrected chi connectivity index (χ4v) is 2.49. The van der Waals surface area contributed by atoms with E-state index in [-0.39, 0.29) is 11.7 Å². The first-order valence-electron chi connectivity index (χ1n) is 7.67. The molecule has 2 atom stereocenters. The lowest BCUT2D eigenvalue weighted by molar-refractivity contribution is 0.0902. The van der Waals surface area contributed by atoms with Crippen molar-refractivity contribution in [2.45, 2.75) is 46.1 Å². The number of aliphatic hydroxyl groups is 1. The van der Waals surface area contributed by atoms with Crippen LogP contribution in [0.15, 0.2) is 24.7 Å². The molecule has 0 aliphatic carbocycles. The monoisotopic (exact) mass is 302 g/mol. The summed E-state index contributed by atoms with van der Waals surface area (Å²) >= 11 is 0. The molecule has 2 aromatic rings. The maximum absolute atomic E-state index is 12.7. The molecule has 0 aliphatic heterocycles. The van der Waals surface area contributed by atoms with E-state index in [1.165, 1.54) is 4.68 Å². The van der Waals surface area contributed by atoms with Crippen LogP contribution in [0.5, 0.6) is 0 Å². The Bertz CT molecular complexity index is 622. The first kappa shape index (κ1) is 16.3. The first-order valence-corrected chi connectivity index (χ1v) is 7.67. The van der Waals surface area contributed by atoms with Crippen LogP contribution in [-0.4, -0.2) is 30.6 Å². The van der Waals surface area contributed by atoms with Gasteiger partial charge in [0.15, 0.2) is 5.78 Å². The molecule has 22 heavy (non-hydrogen) atoms. The summed E-state index contributed by atoms with van der Waals surface area (Å²) in [5.74, 6) is 0.367. The molecule has 2 rings (SSSR count). The van der Waals surface area contributed by atoms with Gasteiger partial charge in [0.1, 0.15) is 5.69 Å². The minimum absolute atomic E-state index is 0.0300. The molecule has 6 heteroatoms. The standard InChI is InChI=1S/C16H22N4O2/c1-4-7-12(5-2)15(22)13-10-20(19-14(13)11(3)21)16-17-8-6-9-18-16/h6,8-12,21H,4-5,7H2,1-3H3. The van der Waals surface area contributed by atoms with Crippen molar-refractivity contribution in [3.05, 3.63) is 35.9 Å². The Balaban J connectivity index is 2.42. The zero-order chi connectivity index (χ0) is 16.1. The number of Topliss-reactive ketones (excluding diaryl/α,β-unsaturated/α-hetero) is 1. The van der Waals surface area contributed by atoms with Gasteiger partial charge in [-0.15, -0.1) is 0 Å². The lowest BCUT2D eigenvalue weighted by Crippen LogP contribution is -2.15. The molecule has 118 valence electrons. The molecule has 0 aromatic carbocycles. The van der Waals surface area contributed by atoms with Gasteiger partial charge < -0.3 is 5.11 Å². The van der Waals surface area contributed by atoms with Crippen molar-refractivity contribution >= 4 is 5.78 Å². The highest BCUT2D eigenvalue weighted by Gasteiger charge is 2.25. The summed E-state index contributed by atoms with van der Waals surface area (Å²) in [6, 6.07) is 1.71. The van der Waals surface area contributed by atoms with Crippen LogP contribution in [0, 0.1) is 5.92 Å². The molecule has 0 radical (unpaired) electrons. The predicted octanol–water partition coefficient (Wildman–Crippen LogP) is 2.72. The summed E-state index contributed by atoms with van der Waals surface area (Å²) in [6.07, 6.45) is 6.59. The van der Waals surface area contributed by atoms with Crippen LogP contribution < -0.4 is 0 Å². The number of carbonyl (C=O) groups excluding carboxylic acids is 1. The number of aromatic nitrogens is 4. The third-order valence-corrected chi connectivity index (χ3v) is 3.66. The van der Waals surface area contributed by atoms with Gasteiger partial charge in [0.2, 0.25) is 5.95 Å². The van der Waals surface area contributed by atoms with Crippen LogP contribution in [0.4, 0.5) is 0 Å². The van der Waals surface area contributed by atoms with Gasteiger partial charge in [-0.05, 0) is 25.8 Å². The minimum atomic E-state index is -0.817. The van der Waals surface area contributed by atoms with E-state index in [2.05, 4.69) is 22.0 Å². The van der Waals surface area contributed by atoms with Gasteiger partial charge in [0, 0.05) is 24.5 Å². The molecular weight excluding hydrogens is 280 g/mol. The molecule has 6 nitrogen and oxygen atoms in total. The molecule has 0 fully saturated rings. The van der Waals surface area contributed by atoms with E-state index in [0.717, 1.165) is 19.3 Å². The maximum atomic E-state index is 12.7. The largest absolute Gasteiger partial charge is 0.387 e. The van der Waals surface area contributed by atoms with Crippen molar-refractivity contribution in [1.29, 1.82) is 0 Å². The molecule has 2 unspecified atom stereocenters. The van der Waals surface area contributed by atoms with Gasteiger partial charge >= 0.3 is 0 Å². The third-order valence-electron chi connectivity index (χ3n) is 3.66. The van der Waals surface area contributed by atoms with Crippen LogP contribution in [0.1, 0.15) is 62.2 Å². The molecular formula is C16H22N4O2. The number of hydrogen-bond donors (Lipinski definition) is 1. The Labute approximate surface area is 130 Å². The van der Waals surface area contributed by atoms with Gasteiger partial charge in [-0.1, -0.05) is 20.3 Å². The zero-order valence-corrected chi connectivity index (χ0v) is 13.2. The van der Waals surface area contributed by atoms with Crippen LogP contribution in [0.25, 0.3) is 5.95 Å². The normalized spacial score (nSPS) is 13.8. The van der Waals surface area contributed by atoms with Gasteiger partial charge in [-0.2, -0.15) is 5.10 Å². The minimum Gasteiger partial charge on any atom is -0.387 e. The Hall–Kier alpha value is -2.08. The zero-order valence-electron chi connectivity index (χ0n) is 13.2. The van der Waals surface area contributed by atoms with Crippen molar-refractivity contribution in [2.75, 3.05) is 0 Å². The molecule has 0 saturated carbocycles. The molecule has 0 saturated heterocycles. The summed E-state index contributed by atoms with van der Waals surface area (Å²) in [5.41, 5.74) is 0.842. The van der Waals surface area contributed by atoms with Crippen LogP contribution in [0.3, 0.4) is 0 Å². The second-order valence-corrected chi connectivity index (χ2v) is 5.36. The van der Waals surface area contributed by atoms with Crippen LogP contribution >= 0.6 is 0 Å². The van der Waals surface area contributed by atoms with Crippen molar-refractivity contribution < 1.29 is 9.90 Å². The fraction of sp³-hybridized carbons (Fsp3) is 0.500. The average Bonchev–Trinajstić information content (AvgIpc) is 2.98. The van der Waals surface area contributed by atoms with E-state index in [1.54, 1.807) is 31.6 Å². The molecule has 1 N–H and O–H groups in total. The molecule has 2 heterocycles. The van der Waals surface area contributed by atoms with Crippen molar-refractivity contribution in [2.24, 2.45) is 5.92 Å². The summed E-state index contributed by atoms with van der Waals surface area (Å²) in [5, 5.41) is 14.2. The summed E-state index contributed by atoms with van der Waals surface area (Å²) in [6.45, 7) is 5.67. The van der Waals surface area contributed by atoms with E-state index < -0.39 is 6.10 Å². The molecule has 0 spiro atoms. The summed E-state index contributed by atoms with van der Waals surface area (Å²) < 4.78 is 1.45. The van der Waals surface area contributed by atoms with E-state index in [1.807, 2.05) is 6.92 Å². The molecule has 2 aromatic heterocycles. The SMILES string of the molecule is CCCC(CC)C(=O)c1cn(-c2ncccn2)nc1C(C)O. The van der Waals surface area contributed by atoms with E-state index in [0.29, 0.717) is 17.2 Å². The maximum Gasteiger partial charge on any atom is 0.250 e. The number of rotatable bonds is 7. The Morgan fingerprint density at radius 1 is 1.32 bits per heavy atom. The molecule has 0 aliphatic rings. The van der Waals surface area contributed by atoms with Crippen LogP contribution in [-0.2, 0) is 0 Å². The summed E-state index contributed by atoms with van der Waals surface area (Å²) in [4.78, 5) is 21.0.